The minimum Gasteiger partial charge on any atom is -0.494 e. The normalized spacial score (nSPS) is 21.3. The van der Waals surface area contributed by atoms with Crippen LogP contribution in [0.1, 0.15) is 60.7 Å². The van der Waals surface area contributed by atoms with Gasteiger partial charge in [0.25, 0.3) is 5.91 Å². The van der Waals surface area contributed by atoms with E-state index in [4.69, 9.17) is 9.84 Å². The van der Waals surface area contributed by atoms with Crippen molar-refractivity contribution in [2.24, 2.45) is 5.92 Å². The van der Waals surface area contributed by atoms with Crippen molar-refractivity contribution >= 4 is 22.5 Å². The van der Waals surface area contributed by atoms with Gasteiger partial charge in [-0.15, -0.1) is 0 Å². The molecule has 1 amide bonds. The molecule has 0 atom stereocenters. The molecule has 0 spiro atoms. The predicted molar refractivity (Wildman–Crippen MR) is 143 cm³/mol. The van der Waals surface area contributed by atoms with Crippen molar-refractivity contribution in [3.8, 4) is 5.75 Å². The number of hydrogen-bond donors (Lipinski definition) is 2. The largest absolute Gasteiger partial charge is 0.494 e. The van der Waals surface area contributed by atoms with Gasteiger partial charge in [-0.25, -0.2) is 4.98 Å². The highest BCUT2D eigenvalue weighted by Crippen LogP contribution is 2.35. The van der Waals surface area contributed by atoms with E-state index in [1.165, 1.54) is 26.0 Å². The Hall–Kier alpha value is -3.18. The first-order valence-corrected chi connectivity index (χ1v) is 13.5. The van der Waals surface area contributed by atoms with E-state index in [9.17, 15) is 18.0 Å². The molecule has 0 radical (unpaired) electrons. The number of carbonyl (C=O) groups is 1. The van der Waals surface area contributed by atoms with Crippen LogP contribution in [0.2, 0.25) is 0 Å². The summed E-state index contributed by atoms with van der Waals surface area (Å²) in [6.07, 6.45) is 4.16. The van der Waals surface area contributed by atoms with E-state index < -0.39 is 17.8 Å². The standard InChI is InChI=1S/C28H35F3N6O2/c1-36-12-10-20(11-13-36)32-16-18-6-8-21(9-7-18)37-17-19-14-24(25(39-2)15-23(19)35-37)34-27(38)22-4-3-5-26(33-22)28(29,30)31/h3-5,14-15,17-18,20-21,32H,6-13,16H2,1-2H3,(H,34,38). The fourth-order valence-corrected chi connectivity index (χ4v) is 5.59. The third-order valence-electron chi connectivity index (χ3n) is 7.97. The topological polar surface area (TPSA) is 84.3 Å². The molecule has 1 aliphatic carbocycles. The van der Waals surface area contributed by atoms with E-state index in [1.54, 1.807) is 12.1 Å². The molecule has 1 saturated carbocycles. The SMILES string of the molecule is COc1cc2nn(C3CCC(CNC4CCN(C)CC4)CC3)cc2cc1NC(=O)c1cccc(C(F)(F)F)n1. The number of methoxy groups -OCH3 is 1. The minimum absolute atomic E-state index is 0.301. The number of nitrogens with zero attached hydrogens (tertiary/aromatic N) is 4. The molecule has 0 unspecified atom stereocenters. The van der Waals surface area contributed by atoms with Gasteiger partial charge in [-0.3, -0.25) is 9.48 Å². The van der Waals surface area contributed by atoms with Crippen LogP contribution in [0.5, 0.6) is 5.75 Å². The molecule has 2 fully saturated rings. The molecule has 39 heavy (non-hydrogen) atoms. The zero-order valence-corrected chi connectivity index (χ0v) is 22.3. The van der Waals surface area contributed by atoms with E-state index in [-0.39, 0.29) is 5.69 Å². The second-order valence-corrected chi connectivity index (χ2v) is 10.7. The van der Waals surface area contributed by atoms with Crippen molar-refractivity contribution in [1.82, 2.24) is 25.0 Å². The summed E-state index contributed by atoms with van der Waals surface area (Å²) in [4.78, 5) is 18.6. The minimum atomic E-state index is -4.64. The fraction of sp³-hybridized carbons (Fsp3) is 0.536. The van der Waals surface area contributed by atoms with E-state index in [0.717, 1.165) is 68.4 Å². The fourth-order valence-electron chi connectivity index (χ4n) is 5.59. The van der Waals surface area contributed by atoms with Crippen LogP contribution in [0, 0.1) is 5.92 Å². The smallest absolute Gasteiger partial charge is 0.433 e. The van der Waals surface area contributed by atoms with Gasteiger partial charge < -0.3 is 20.3 Å². The number of piperidine rings is 1. The van der Waals surface area contributed by atoms with Gasteiger partial charge in [-0.1, -0.05) is 6.07 Å². The number of hydrogen-bond acceptors (Lipinski definition) is 6. The number of anilines is 1. The van der Waals surface area contributed by atoms with Gasteiger partial charge >= 0.3 is 6.18 Å². The number of likely N-dealkylation sites (tertiary alicyclic amines) is 1. The Morgan fingerprint density at radius 2 is 1.85 bits per heavy atom. The molecule has 1 aliphatic heterocycles. The third kappa shape index (κ3) is 6.52. The van der Waals surface area contributed by atoms with Crippen LogP contribution in [0.4, 0.5) is 18.9 Å². The lowest BCUT2D eigenvalue weighted by Crippen LogP contribution is -2.42. The third-order valence-corrected chi connectivity index (χ3v) is 7.97. The van der Waals surface area contributed by atoms with Crippen LogP contribution in [0.25, 0.3) is 10.9 Å². The molecular weight excluding hydrogens is 509 g/mol. The maximum atomic E-state index is 13.0. The zero-order valence-electron chi connectivity index (χ0n) is 22.3. The number of alkyl halides is 3. The maximum absolute atomic E-state index is 13.0. The number of halogens is 3. The molecule has 2 aliphatic rings. The highest BCUT2D eigenvalue weighted by atomic mass is 19.4. The Bertz CT molecular complexity index is 1290. The quantitative estimate of drug-likeness (QED) is 0.429. The molecule has 1 saturated heterocycles. The van der Waals surface area contributed by atoms with Crippen LogP contribution >= 0.6 is 0 Å². The van der Waals surface area contributed by atoms with Crippen molar-refractivity contribution in [2.45, 2.75) is 56.8 Å². The maximum Gasteiger partial charge on any atom is 0.433 e. The number of rotatable bonds is 7. The number of pyridine rings is 1. The van der Waals surface area contributed by atoms with Crippen molar-refractivity contribution in [3.05, 3.63) is 47.9 Å². The van der Waals surface area contributed by atoms with Crippen molar-refractivity contribution in [2.75, 3.05) is 39.1 Å². The first-order chi connectivity index (χ1) is 18.7. The molecule has 3 heterocycles. The molecule has 11 heteroatoms. The van der Waals surface area contributed by atoms with Gasteiger partial charge in [0.1, 0.15) is 17.1 Å². The van der Waals surface area contributed by atoms with Crippen molar-refractivity contribution < 1.29 is 22.7 Å². The molecule has 5 rings (SSSR count). The van der Waals surface area contributed by atoms with Crippen LogP contribution in [-0.2, 0) is 6.18 Å². The van der Waals surface area contributed by atoms with Gasteiger partial charge in [0.15, 0.2) is 0 Å². The molecule has 3 aromatic rings. The van der Waals surface area contributed by atoms with Crippen LogP contribution in [-0.4, -0.2) is 65.4 Å². The molecule has 210 valence electrons. The summed E-state index contributed by atoms with van der Waals surface area (Å²) in [6.45, 7) is 3.40. The number of carbonyl (C=O) groups excluding carboxylic acids is 1. The lowest BCUT2D eigenvalue weighted by molar-refractivity contribution is -0.141. The summed E-state index contributed by atoms with van der Waals surface area (Å²) >= 11 is 0. The molecule has 1 aromatic carbocycles. The molecule has 8 nitrogen and oxygen atoms in total. The van der Waals surface area contributed by atoms with E-state index in [0.29, 0.717) is 29.4 Å². The van der Waals surface area contributed by atoms with E-state index in [1.807, 2.05) is 10.9 Å². The summed E-state index contributed by atoms with van der Waals surface area (Å²) < 4.78 is 46.5. The van der Waals surface area contributed by atoms with Crippen LogP contribution < -0.4 is 15.4 Å². The highest BCUT2D eigenvalue weighted by Gasteiger charge is 2.33. The van der Waals surface area contributed by atoms with Gasteiger partial charge in [-0.05, 0) is 89.3 Å². The molecule has 2 aromatic heterocycles. The zero-order chi connectivity index (χ0) is 27.6. The predicted octanol–water partition coefficient (Wildman–Crippen LogP) is 5.13. The Morgan fingerprint density at radius 1 is 1.10 bits per heavy atom. The average molecular weight is 545 g/mol. The van der Waals surface area contributed by atoms with Crippen molar-refractivity contribution in [1.29, 1.82) is 0 Å². The number of fused-ring (bicyclic) bond motifs is 1. The second kappa shape index (κ2) is 11.5. The van der Waals surface area contributed by atoms with Crippen LogP contribution in [0.3, 0.4) is 0 Å². The average Bonchev–Trinajstić information content (AvgIpc) is 3.35. The first kappa shape index (κ1) is 27.4. The lowest BCUT2D eigenvalue weighted by atomic mass is 9.85. The highest BCUT2D eigenvalue weighted by molar-refractivity contribution is 6.05. The Balaban J connectivity index is 1.22. The number of aromatic nitrogens is 3. The summed E-state index contributed by atoms with van der Waals surface area (Å²) in [5.41, 5.74) is -0.374. The van der Waals surface area contributed by atoms with E-state index >= 15 is 0 Å². The molecular formula is C28H35F3N6O2. The lowest BCUT2D eigenvalue weighted by Gasteiger charge is -2.33. The monoisotopic (exact) mass is 544 g/mol. The van der Waals surface area contributed by atoms with Crippen molar-refractivity contribution in [3.63, 3.8) is 0 Å². The Labute approximate surface area is 225 Å². The second-order valence-electron chi connectivity index (χ2n) is 10.7. The van der Waals surface area contributed by atoms with Crippen LogP contribution in [0.15, 0.2) is 36.5 Å². The van der Waals surface area contributed by atoms with Gasteiger partial charge in [0.2, 0.25) is 0 Å². The number of amides is 1. The number of nitrogens with one attached hydrogen (secondary N) is 2. The molecule has 2 N–H and O–H groups in total. The number of ether oxygens (including phenoxy) is 1. The summed E-state index contributed by atoms with van der Waals surface area (Å²) in [7, 11) is 3.65. The van der Waals surface area contributed by atoms with E-state index in [2.05, 4.69) is 27.6 Å². The first-order valence-electron chi connectivity index (χ1n) is 13.5. The summed E-state index contributed by atoms with van der Waals surface area (Å²) in [6, 6.07) is 7.64. The number of benzene rings is 1. The van der Waals surface area contributed by atoms with Gasteiger partial charge in [-0.2, -0.15) is 18.3 Å². The van der Waals surface area contributed by atoms with Gasteiger partial charge in [0, 0.05) is 23.7 Å². The Kier molecular flexibility index (Phi) is 8.08. The summed E-state index contributed by atoms with van der Waals surface area (Å²) in [5.74, 6) is 0.298. The van der Waals surface area contributed by atoms with Gasteiger partial charge in [0.05, 0.1) is 24.4 Å². The molecule has 0 bridgehead atoms. The summed E-state index contributed by atoms with van der Waals surface area (Å²) in [5, 5.41) is 12.0. The Morgan fingerprint density at radius 3 is 2.54 bits per heavy atom.